The Balaban J connectivity index is 2.83. The van der Waals surface area contributed by atoms with E-state index >= 15 is 0 Å². The summed E-state index contributed by atoms with van der Waals surface area (Å²) >= 11 is 3.28. The average Bonchev–Trinajstić information content (AvgIpc) is 2.26. The maximum absolute atomic E-state index is 13.2. The molecule has 0 aromatic heterocycles. The van der Waals surface area contributed by atoms with Crippen molar-refractivity contribution in [1.29, 1.82) is 0 Å². The minimum Gasteiger partial charge on any atom is -0.377 e. The molecule has 1 rings (SSSR count). The first kappa shape index (κ1) is 14.6. The second-order valence-electron chi connectivity index (χ2n) is 4.46. The fourth-order valence-electron chi connectivity index (χ4n) is 1.76. The third-order valence-electron chi connectivity index (χ3n) is 3.33. The highest BCUT2D eigenvalue weighted by molar-refractivity contribution is 9.10. The van der Waals surface area contributed by atoms with Gasteiger partial charge in [0, 0.05) is 17.6 Å². The third kappa shape index (κ3) is 3.76. The fourth-order valence-corrected chi connectivity index (χ4v) is 2.27. The Bertz CT molecular complexity index is 359. The van der Waals surface area contributed by atoms with Crippen LogP contribution in [0, 0.1) is 5.82 Å². The summed E-state index contributed by atoms with van der Waals surface area (Å²) in [5.41, 5.74) is 6.64. The van der Waals surface area contributed by atoms with E-state index in [1.807, 2.05) is 19.9 Å². The Morgan fingerprint density at radius 1 is 1.47 bits per heavy atom. The number of hydrogen-bond acceptors (Lipinski definition) is 2. The molecule has 2 atom stereocenters. The highest BCUT2D eigenvalue weighted by Crippen LogP contribution is 2.22. The van der Waals surface area contributed by atoms with Crippen molar-refractivity contribution < 1.29 is 9.13 Å². The lowest BCUT2D eigenvalue weighted by atomic mass is 9.89. The van der Waals surface area contributed by atoms with Crippen LogP contribution in [0.1, 0.15) is 25.8 Å². The second-order valence-corrected chi connectivity index (χ2v) is 5.37. The van der Waals surface area contributed by atoms with Gasteiger partial charge in [-0.05, 0) is 43.5 Å². The smallest absolute Gasteiger partial charge is 0.124 e. The lowest BCUT2D eigenvalue weighted by Gasteiger charge is -2.33. The molecule has 2 N–H and O–H groups in total. The molecule has 0 bridgehead atoms. The van der Waals surface area contributed by atoms with Gasteiger partial charge in [-0.1, -0.05) is 22.9 Å². The van der Waals surface area contributed by atoms with Crippen molar-refractivity contribution in [3.8, 4) is 0 Å². The van der Waals surface area contributed by atoms with Crippen LogP contribution < -0.4 is 5.73 Å². The van der Waals surface area contributed by atoms with Gasteiger partial charge in [0.15, 0.2) is 0 Å². The highest BCUT2D eigenvalue weighted by Gasteiger charge is 2.29. The molecule has 0 fully saturated rings. The van der Waals surface area contributed by atoms with Crippen molar-refractivity contribution in [2.24, 2.45) is 5.73 Å². The minimum absolute atomic E-state index is 0.161. The van der Waals surface area contributed by atoms with Crippen LogP contribution >= 0.6 is 15.9 Å². The largest absolute Gasteiger partial charge is 0.377 e. The summed E-state index contributed by atoms with van der Waals surface area (Å²) in [4.78, 5) is 0. The van der Waals surface area contributed by atoms with E-state index in [0.717, 1.165) is 16.5 Å². The Morgan fingerprint density at radius 3 is 2.59 bits per heavy atom. The van der Waals surface area contributed by atoms with Crippen LogP contribution in [-0.2, 0) is 11.2 Å². The van der Waals surface area contributed by atoms with E-state index in [4.69, 9.17) is 10.5 Å². The van der Waals surface area contributed by atoms with Gasteiger partial charge in [0.25, 0.3) is 0 Å². The lowest BCUT2D eigenvalue weighted by molar-refractivity contribution is -0.0184. The van der Waals surface area contributed by atoms with Crippen molar-refractivity contribution in [2.45, 2.75) is 38.3 Å². The molecule has 17 heavy (non-hydrogen) atoms. The number of nitrogens with two attached hydrogens (primary N) is 1. The average molecular weight is 304 g/mol. The van der Waals surface area contributed by atoms with Crippen molar-refractivity contribution in [2.75, 3.05) is 7.11 Å². The molecule has 0 radical (unpaired) electrons. The Labute approximate surface area is 110 Å². The summed E-state index contributed by atoms with van der Waals surface area (Å²) in [7, 11) is 1.66. The second kappa shape index (κ2) is 5.94. The van der Waals surface area contributed by atoms with Gasteiger partial charge >= 0.3 is 0 Å². The first-order valence-corrected chi connectivity index (χ1v) is 6.46. The maximum atomic E-state index is 13.2. The molecule has 0 aliphatic rings. The van der Waals surface area contributed by atoms with Gasteiger partial charge in [-0.2, -0.15) is 0 Å². The van der Waals surface area contributed by atoms with E-state index in [0.29, 0.717) is 6.42 Å². The molecule has 2 unspecified atom stereocenters. The van der Waals surface area contributed by atoms with Gasteiger partial charge in [-0.15, -0.1) is 0 Å². The normalized spacial score (nSPS) is 16.6. The number of rotatable bonds is 5. The summed E-state index contributed by atoms with van der Waals surface area (Å²) in [6, 6.07) is 4.67. The van der Waals surface area contributed by atoms with Crippen LogP contribution in [0.5, 0.6) is 0 Å². The minimum atomic E-state index is -0.376. The summed E-state index contributed by atoms with van der Waals surface area (Å²) in [5, 5.41) is 0. The Morgan fingerprint density at radius 2 is 2.12 bits per heavy atom. The number of methoxy groups -OCH3 is 1. The van der Waals surface area contributed by atoms with Crippen molar-refractivity contribution in [1.82, 2.24) is 0 Å². The molecule has 0 saturated heterocycles. The Kier molecular flexibility index (Phi) is 5.10. The molecule has 2 nitrogen and oxygen atoms in total. The van der Waals surface area contributed by atoms with Gasteiger partial charge in [-0.3, -0.25) is 0 Å². The van der Waals surface area contributed by atoms with Crippen molar-refractivity contribution in [3.05, 3.63) is 34.1 Å². The zero-order chi connectivity index (χ0) is 13.1. The molecular weight excluding hydrogens is 285 g/mol. The van der Waals surface area contributed by atoms with E-state index in [2.05, 4.69) is 15.9 Å². The van der Waals surface area contributed by atoms with Crippen LogP contribution in [0.4, 0.5) is 4.39 Å². The molecule has 1 aromatic rings. The molecule has 0 spiro atoms. The van der Waals surface area contributed by atoms with Crippen LogP contribution in [0.15, 0.2) is 22.7 Å². The molecule has 0 heterocycles. The van der Waals surface area contributed by atoms with Crippen LogP contribution in [0.25, 0.3) is 0 Å². The number of hydrogen-bond donors (Lipinski definition) is 1. The molecule has 4 heteroatoms. The van der Waals surface area contributed by atoms with E-state index < -0.39 is 0 Å². The molecule has 0 amide bonds. The number of ether oxygens (including phenoxy) is 1. The van der Waals surface area contributed by atoms with Crippen LogP contribution in [-0.4, -0.2) is 18.8 Å². The van der Waals surface area contributed by atoms with E-state index in [9.17, 15) is 4.39 Å². The zero-order valence-corrected chi connectivity index (χ0v) is 12.1. The Hall–Kier alpha value is -0.450. The van der Waals surface area contributed by atoms with Crippen LogP contribution in [0.2, 0.25) is 0 Å². The maximum Gasteiger partial charge on any atom is 0.124 e. The summed E-state index contributed by atoms with van der Waals surface area (Å²) in [6.45, 7) is 4.01. The molecule has 0 saturated carbocycles. The monoisotopic (exact) mass is 303 g/mol. The quantitative estimate of drug-likeness (QED) is 0.906. The van der Waals surface area contributed by atoms with Gasteiger partial charge in [-0.25, -0.2) is 4.39 Å². The van der Waals surface area contributed by atoms with E-state index in [-0.39, 0.29) is 17.5 Å². The summed E-state index contributed by atoms with van der Waals surface area (Å²) in [5.74, 6) is -0.253. The summed E-state index contributed by atoms with van der Waals surface area (Å²) < 4.78 is 19.4. The lowest BCUT2D eigenvalue weighted by Crippen LogP contribution is -2.48. The summed E-state index contributed by atoms with van der Waals surface area (Å²) in [6.07, 6.45) is 1.41. The number of halogens is 2. The number of benzene rings is 1. The molecule has 96 valence electrons. The standard InChI is InChI=1S/C13H19BrFNO/c1-4-13(2,17-3)12(16)7-9-5-10(14)8-11(15)6-9/h5-6,8,12H,4,7,16H2,1-3H3. The zero-order valence-electron chi connectivity index (χ0n) is 10.5. The fraction of sp³-hybridized carbons (Fsp3) is 0.538. The van der Waals surface area contributed by atoms with E-state index in [1.54, 1.807) is 7.11 Å². The molecule has 0 aliphatic carbocycles. The van der Waals surface area contributed by atoms with Crippen molar-refractivity contribution in [3.63, 3.8) is 0 Å². The first-order valence-electron chi connectivity index (χ1n) is 5.67. The SMILES string of the molecule is CCC(C)(OC)C(N)Cc1cc(F)cc(Br)c1. The van der Waals surface area contributed by atoms with Crippen LogP contribution in [0.3, 0.4) is 0 Å². The third-order valence-corrected chi connectivity index (χ3v) is 3.79. The topological polar surface area (TPSA) is 35.2 Å². The molecule has 1 aromatic carbocycles. The van der Waals surface area contributed by atoms with Gasteiger partial charge < -0.3 is 10.5 Å². The van der Waals surface area contributed by atoms with Gasteiger partial charge in [0.2, 0.25) is 0 Å². The predicted molar refractivity (Wildman–Crippen MR) is 71.5 cm³/mol. The first-order chi connectivity index (χ1) is 7.91. The predicted octanol–water partition coefficient (Wildman–Crippen LogP) is 3.27. The van der Waals surface area contributed by atoms with E-state index in [1.165, 1.54) is 12.1 Å². The van der Waals surface area contributed by atoms with Gasteiger partial charge in [0.05, 0.1) is 5.60 Å². The van der Waals surface area contributed by atoms with Crippen molar-refractivity contribution >= 4 is 15.9 Å². The molecule has 0 aliphatic heterocycles. The van der Waals surface area contributed by atoms with Gasteiger partial charge in [0.1, 0.15) is 5.82 Å². The molecular formula is C13H19BrFNO. The highest BCUT2D eigenvalue weighted by atomic mass is 79.9.